The number of fused-ring (bicyclic) bond motifs is 4. The molecule has 6 fully saturated rings. The minimum Gasteiger partial charge on any atom is -0.457 e. The Bertz CT molecular complexity index is 1110. The van der Waals surface area contributed by atoms with E-state index in [2.05, 4.69) is 31.0 Å². The van der Waals surface area contributed by atoms with E-state index in [1.165, 1.54) is 45.4 Å². The highest BCUT2D eigenvalue weighted by Gasteiger charge is 2.81. The lowest BCUT2D eigenvalue weighted by atomic mass is 9.46. The van der Waals surface area contributed by atoms with Crippen molar-refractivity contribution in [1.29, 1.82) is 0 Å². The molecular weight excluding hydrogens is 572 g/mol. The summed E-state index contributed by atoms with van der Waals surface area (Å²) in [6, 6.07) is 0. The standard InChI is InChI=1S/C35H58N2O6.CH4O/c1-21(38)41-29(32(4,5)40)25-11-9-23-26(42-25)19-24-22-10-12-27-31(2,3)28(43-30(39)36-17-18-37(7)8)13-14-35(27)20-34(22,35)16-15-33(23,24)6;1-2/h22-29,40H,9-20H2,1-8H3,(H,36,39);2H,1H3/t22?,23?,24?,25?,26?,27?,28-,29-,33?,34-,35?;/m0./s1. The molecule has 9 heteroatoms. The van der Waals surface area contributed by atoms with Gasteiger partial charge in [0, 0.05) is 32.5 Å². The summed E-state index contributed by atoms with van der Waals surface area (Å²) in [5.74, 6) is 2.15. The highest BCUT2D eigenvalue weighted by atomic mass is 16.6. The van der Waals surface area contributed by atoms with Gasteiger partial charge in [-0.25, -0.2) is 4.79 Å². The average Bonchev–Trinajstić information content (AvgIpc) is 3.53. The molecule has 1 saturated heterocycles. The van der Waals surface area contributed by atoms with Gasteiger partial charge in [-0.1, -0.05) is 20.8 Å². The zero-order valence-corrected chi connectivity index (χ0v) is 29.5. The van der Waals surface area contributed by atoms with E-state index in [4.69, 9.17) is 19.3 Å². The predicted molar refractivity (Wildman–Crippen MR) is 172 cm³/mol. The van der Waals surface area contributed by atoms with Crippen molar-refractivity contribution in [3.63, 3.8) is 0 Å². The molecule has 0 bridgehead atoms. The first-order chi connectivity index (χ1) is 21.0. The highest BCUT2D eigenvalue weighted by molar-refractivity contribution is 5.67. The smallest absolute Gasteiger partial charge is 0.407 e. The fraction of sp³-hybridized carbons (Fsp3) is 0.944. The number of likely N-dealkylation sites (N-methyl/N-ethyl adjacent to an activating group) is 1. The maximum atomic E-state index is 12.7. The van der Waals surface area contributed by atoms with Crippen LogP contribution in [0.5, 0.6) is 0 Å². The molecule has 11 atom stereocenters. The van der Waals surface area contributed by atoms with Crippen molar-refractivity contribution < 1.29 is 34.0 Å². The molecule has 5 aliphatic carbocycles. The van der Waals surface area contributed by atoms with Crippen molar-refractivity contribution in [2.45, 2.75) is 136 Å². The molecule has 6 aliphatic rings. The number of hydrogen-bond acceptors (Lipinski definition) is 8. The first-order valence-corrected chi connectivity index (χ1v) is 17.6. The molecule has 3 N–H and O–H groups in total. The Morgan fingerprint density at radius 3 is 2.31 bits per heavy atom. The van der Waals surface area contributed by atoms with Gasteiger partial charge in [-0.3, -0.25) is 4.79 Å². The molecule has 45 heavy (non-hydrogen) atoms. The fourth-order valence-corrected chi connectivity index (χ4v) is 12.1. The number of carbonyl (C=O) groups excluding carboxylic acids is 2. The summed E-state index contributed by atoms with van der Waals surface area (Å²) >= 11 is 0. The van der Waals surface area contributed by atoms with Crippen LogP contribution in [0.25, 0.3) is 0 Å². The van der Waals surface area contributed by atoms with Crippen LogP contribution in [-0.2, 0) is 19.0 Å². The van der Waals surface area contributed by atoms with Crippen LogP contribution in [0.2, 0.25) is 0 Å². The van der Waals surface area contributed by atoms with Gasteiger partial charge in [-0.2, -0.15) is 0 Å². The normalized spacial score (nSPS) is 43.2. The summed E-state index contributed by atoms with van der Waals surface area (Å²) in [5, 5.41) is 20.8. The van der Waals surface area contributed by atoms with Gasteiger partial charge in [-0.05, 0) is 132 Å². The SMILES string of the molecule is CC(=O)O[C@@H](C1CCC2C(CC3C4CCC5C(C)(C)[C@@H](OC(=O)NCCN(C)C)CCC56C[C@@]46CCC23C)O1)C(C)(C)O.CO. The summed E-state index contributed by atoms with van der Waals surface area (Å²) < 4.78 is 18.6. The fourth-order valence-electron chi connectivity index (χ4n) is 12.1. The van der Waals surface area contributed by atoms with Crippen LogP contribution >= 0.6 is 0 Å². The Labute approximate surface area is 271 Å². The molecule has 0 radical (unpaired) electrons. The van der Waals surface area contributed by atoms with Gasteiger partial charge in [0.1, 0.15) is 6.10 Å². The first kappa shape index (κ1) is 34.9. The summed E-state index contributed by atoms with van der Waals surface area (Å²) in [7, 11) is 5.02. The first-order valence-electron chi connectivity index (χ1n) is 17.6. The number of ether oxygens (including phenoxy) is 3. The Morgan fingerprint density at radius 2 is 1.67 bits per heavy atom. The van der Waals surface area contributed by atoms with E-state index in [1.807, 2.05) is 14.1 Å². The van der Waals surface area contributed by atoms with Crippen LogP contribution in [0.3, 0.4) is 0 Å². The largest absolute Gasteiger partial charge is 0.457 e. The molecule has 0 aromatic carbocycles. The molecule has 9 nitrogen and oxygen atoms in total. The number of nitrogens with one attached hydrogen (secondary N) is 1. The summed E-state index contributed by atoms with van der Waals surface area (Å²) in [4.78, 5) is 26.7. The Morgan fingerprint density at radius 1 is 0.978 bits per heavy atom. The van der Waals surface area contributed by atoms with Crippen molar-refractivity contribution in [1.82, 2.24) is 10.2 Å². The van der Waals surface area contributed by atoms with Crippen LogP contribution in [0.4, 0.5) is 4.79 Å². The zero-order valence-electron chi connectivity index (χ0n) is 29.5. The lowest BCUT2D eigenvalue weighted by Gasteiger charge is -2.59. The number of nitrogens with zero attached hydrogens (tertiary/aromatic N) is 1. The van der Waals surface area contributed by atoms with Crippen molar-refractivity contribution in [2.24, 2.45) is 45.3 Å². The molecule has 1 heterocycles. The van der Waals surface area contributed by atoms with E-state index in [0.717, 1.165) is 45.3 Å². The number of aliphatic hydroxyl groups excluding tert-OH is 1. The van der Waals surface area contributed by atoms with Crippen molar-refractivity contribution >= 4 is 12.1 Å². The molecule has 1 amide bonds. The lowest BCUT2D eigenvalue weighted by Crippen LogP contribution is -2.55. The molecule has 0 aromatic heterocycles. The Hall–Kier alpha value is -1.42. The van der Waals surface area contributed by atoms with Crippen LogP contribution in [-0.4, -0.2) is 91.5 Å². The third kappa shape index (κ3) is 5.73. The second-order valence-corrected chi connectivity index (χ2v) is 17.1. The van der Waals surface area contributed by atoms with Crippen LogP contribution in [0.15, 0.2) is 0 Å². The number of aliphatic hydroxyl groups is 2. The third-order valence-corrected chi connectivity index (χ3v) is 14.0. The molecule has 0 aromatic rings. The van der Waals surface area contributed by atoms with E-state index >= 15 is 0 Å². The quantitative estimate of drug-likeness (QED) is 0.329. The zero-order chi connectivity index (χ0) is 33.2. The summed E-state index contributed by atoms with van der Waals surface area (Å²) in [5.41, 5.74) is -0.0793. The molecule has 2 spiro atoms. The second-order valence-electron chi connectivity index (χ2n) is 17.1. The van der Waals surface area contributed by atoms with Gasteiger partial charge in [0.15, 0.2) is 6.10 Å². The van der Waals surface area contributed by atoms with Gasteiger partial charge in [-0.15, -0.1) is 0 Å². The topological polar surface area (TPSA) is 118 Å². The van der Waals surface area contributed by atoms with E-state index in [-0.39, 0.29) is 41.2 Å². The maximum Gasteiger partial charge on any atom is 0.407 e. The van der Waals surface area contributed by atoms with E-state index in [1.54, 1.807) is 13.8 Å². The Kier molecular flexibility index (Phi) is 9.49. The number of esters is 1. The van der Waals surface area contributed by atoms with E-state index in [9.17, 15) is 14.7 Å². The molecule has 8 unspecified atom stereocenters. The Balaban J connectivity index is 0.00000196. The lowest BCUT2D eigenvalue weighted by molar-refractivity contribution is -0.200. The molecule has 5 saturated carbocycles. The number of rotatable bonds is 7. The molecular formula is C36H62N2O7. The van der Waals surface area contributed by atoms with Gasteiger partial charge in [0.05, 0.1) is 17.8 Å². The van der Waals surface area contributed by atoms with E-state index < -0.39 is 11.7 Å². The second kappa shape index (κ2) is 12.2. The van der Waals surface area contributed by atoms with Crippen LogP contribution in [0.1, 0.15) is 106 Å². The molecule has 258 valence electrons. The number of hydrogen-bond donors (Lipinski definition) is 3. The summed E-state index contributed by atoms with van der Waals surface area (Å²) in [6.45, 7) is 13.6. The monoisotopic (exact) mass is 634 g/mol. The molecule has 6 rings (SSSR count). The van der Waals surface area contributed by atoms with Gasteiger partial charge >= 0.3 is 12.1 Å². The minimum atomic E-state index is -1.15. The van der Waals surface area contributed by atoms with Gasteiger partial charge < -0.3 is 34.6 Å². The van der Waals surface area contributed by atoms with Crippen LogP contribution < -0.4 is 5.32 Å². The predicted octanol–water partition coefficient (Wildman–Crippen LogP) is 5.16. The number of carbonyl (C=O) groups is 2. The van der Waals surface area contributed by atoms with E-state index in [0.29, 0.717) is 35.1 Å². The van der Waals surface area contributed by atoms with Crippen LogP contribution in [0, 0.1) is 45.3 Å². The van der Waals surface area contributed by atoms with Gasteiger partial charge in [0.25, 0.3) is 0 Å². The number of amides is 1. The van der Waals surface area contributed by atoms with Crippen molar-refractivity contribution in [2.75, 3.05) is 34.3 Å². The highest BCUT2D eigenvalue weighted by Crippen LogP contribution is 2.87. The average molecular weight is 635 g/mol. The molecule has 1 aliphatic heterocycles. The van der Waals surface area contributed by atoms with Crippen molar-refractivity contribution in [3.05, 3.63) is 0 Å². The number of alkyl carbamates (subject to hydrolysis) is 1. The summed E-state index contributed by atoms with van der Waals surface area (Å²) in [6.07, 6.45) is 10.5. The van der Waals surface area contributed by atoms with Gasteiger partial charge in [0.2, 0.25) is 0 Å². The third-order valence-electron chi connectivity index (χ3n) is 14.0. The maximum absolute atomic E-state index is 12.7. The minimum absolute atomic E-state index is 0.0326. The van der Waals surface area contributed by atoms with Crippen molar-refractivity contribution in [3.8, 4) is 0 Å².